The summed E-state index contributed by atoms with van der Waals surface area (Å²) in [5.41, 5.74) is 2.47. The quantitative estimate of drug-likeness (QED) is 0.414. The first-order chi connectivity index (χ1) is 13.0. The first-order valence-corrected chi connectivity index (χ1v) is 9.97. The molecule has 6 heteroatoms. The lowest BCUT2D eigenvalue weighted by Crippen LogP contribution is -2.46. The molecular weight excluding hydrogens is 340 g/mol. The van der Waals surface area contributed by atoms with Gasteiger partial charge >= 0.3 is 0 Å². The Labute approximate surface area is 164 Å². The maximum atomic E-state index is 5.79. The van der Waals surface area contributed by atoms with Crippen LogP contribution in [-0.4, -0.2) is 69.9 Å². The van der Waals surface area contributed by atoms with Crippen LogP contribution in [0.5, 0.6) is 5.75 Å². The number of nitrogens with zero attached hydrogens (tertiary/aromatic N) is 2. The third-order valence-corrected chi connectivity index (χ3v) is 4.79. The number of aryl methyl sites for hydroxylation is 1. The maximum absolute atomic E-state index is 5.79. The molecule has 0 spiro atoms. The van der Waals surface area contributed by atoms with Crippen molar-refractivity contribution in [2.24, 2.45) is 4.99 Å². The summed E-state index contributed by atoms with van der Waals surface area (Å²) in [5, 5.41) is 6.80. The highest BCUT2D eigenvalue weighted by Crippen LogP contribution is 2.19. The molecule has 1 heterocycles. The molecule has 2 rings (SSSR count). The lowest BCUT2D eigenvalue weighted by atomic mass is 10.1. The molecule has 2 atom stereocenters. The fraction of sp³-hybridized carbons (Fsp3) is 0.667. The van der Waals surface area contributed by atoms with Crippen LogP contribution in [0.4, 0.5) is 0 Å². The van der Waals surface area contributed by atoms with Gasteiger partial charge in [-0.05, 0) is 45.2 Å². The van der Waals surface area contributed by atoms with E-state index in [9.17, 15) is 0 Å². The molecule has 1 saturated heterocycles. The number of ether oxygens (including phenoxy) is 2. The van der Waals surface area contributed by atoms with E-state index in [1.165, 1.54) is 11.1 Å². The normalized spacial score (nSPS) is 21.1. The van der Waals surface area contributed by atoms with Gasteiger partial charge in [0, 0.05) is 39.8 Å². The molecule has 0 amide bonds. The lowest BCUT2D eigenvalue weighted by molar-refractivity contribution is -0.0679. The molecule has 152 valence electrons. The fourth-order valence-electron chi connectivity index (χ4n) is 3.62. The van der Waals surface area contributed by atoms with Gasteiger partial charge in [0.25, 0.3) is 0 Å². The highest BCUT2D eigenvalue weighted by atomic mass is 16.5. The Bertz CT molecular complexity index is 596. The molecule has 0 saturated carbocycles. The molecule has 27 heavy (non-hydrogen) atoms. The zero-order chi connectivity index (χ0) is 19.6. The summed E-state index contributed by atoms with van der Waals surface area (Å²) in [4.78, 5) is 6.80. The zero-order valence-electron chi connectivity index (χ0n) is 17.5. The van der Waals surface area contributed by atoms with Crippen LogP contribution in [0.25, 0.3) is 0 Å². The van der Waals surface area contributed by atoms with Crippen molar-refractivity contribution in [1.82, 2.24) is 15.5 Å². The summed E-state index contributed by atoms with van der Waals surface area (Å²) in [5.74, 6) is 1.80. The molecule has 1 aliphatic rings. The molecule has 0 aliphatic carbocycles. The lowest BCUT2D eigenvalue weighted by Gasteiger charge is -2.35. The van der Waals surface area contributed by atoms with Crippen LogP contribution in [0.15, 0.2) is 23.2 Å². The number of hydrogen-bond acceptors (Lipinski definition) is 4. The van der Waals surface area contributed by atoms with E-state index in [0.29, 0.717) is 12.2 Å². The summed E-state index contributed by atoms with van der Waals surface area (Å²) < 4.78 is 11.2. The molecule has 1 aliphatic heterocycles. The number of nitrogens with one attached hydrogen (secondary N) is 2. The number of rotatable bonds is 8. The summed E-state index contributed by atoms with van der Waals surface area (Å²) in [7, 11) is 3.53. The van der Waals surface area contributed by atoms with Gasteiger partial charge in [-0.25, -0.2) is 0 Å². The van der Waals surface area contributed by atoms with Gasteiger partial charge in [0.15, 0.2) is 5.96 Å². The van der Waals surface area contributed by atoms with Gasteiger partial charge in [-0.2, -0.15) is 0 Å². The molecule has 0 radical (unpaired) electrons. The van der Waals surface area contributed by atoms with Crippen molar-refractivity contribution in [2.75, 3.05) is 46.9 Å². The van der Waals surface area contributed by atoms with E-state index in [-0.39, 0.29) is 0 Å². The van der Waals surface area contributed by atoms with Gasteiger partial charge in [0.2, 0.25) is 0 Å². The Kier molecular flexibility index (Phi) is 8.88. The summed E-state index contributed by atoms with van der Waals surface area (Å²) in [6.45, 7) is 11.3. The smallest absolute Gasteiger partial charge is 0.190 e. The van der Waals surface area contributed by atoms with E-state index in [1.54, 1.807) is 7.11 Å². The van der Waals surface area contributed by atoms with Crippen LogP contribution in [0.3, 0.4) is 0 Å². The zero-order valence-corrected chi connectivity index (χ0v) is 17.5. The van der Waals surface area contributed by atoms with Crippen molar-refractivity contribution < 1.29 is 9.47 Å². The minimum absolute atomic E-state index is 0.328. The van der Waals surface area contributed by atoms with Crippen molar-refractivity contribution in [3.05, 3.63) is 29.3 Å². The van der Waals surface area contributed by atoms with Gasteiger partial charge in [-0.1, -0.05) is 17.7 Å². The Morgan fingerprint density at radius 3 is 2.59 bits per heavy atom. The van der Waals surface area contributed by atoms with Crippen molar-refractivity contribution in [1.29, 1.82) is 0 Å². The Hall–Kier alpha value is -1.79. The van der Waals surface area contributed by atoms with Gasteiger partial charge in [0.05, 0.1) is 19.3 Å². The molecule has 1 aromatic carbocycles. The summed E-state index contributed by atoms with van der Waals surface area (Å²) in [6, 6.07) is 6.29. The van der Waals surface area contributed by atoms with E-state index >= 15 is 0 Å². The van der Waals surface area contributed by atoms with Gasteiger partial charge in [0.1, 0.15) is 5.75 Å². The van der Waals surface area contributed by atoms with E-state index in [4.69, 9.17) is 9.47 Å². The third-order valence-electron chi connectivity index (χ3n) is 4.79. The highest BCUT2D eigenvalue weighted by Gasteiger charge is 2.21. The van der Waals surface area contributed by atoms with Crippen LogP contribution in [-0.2, 0) is 11.2 Å². The van der Waals surface area contributed by atoms with E-state index in [0.717, 1.165) is 57.3 Å². The molecule has 2 unspecified atom stereocenters. The summed E-state index contributed by atoms with van der Waals surface area (Å²) in [6.07, 6.45) is 2.64. The second kappa shape index (κ2) is 11.1. The van der Waals surface area contributed by atoms with Crippen LogP contribution < -0.4 is 15.4 Å². The average molecular weight is 377 g/mol. The van der Waals surface area contributed by atoms with Crippen LogP contribution in [0.2, 0.25) is 0 Å². The van der Waals surface area contributed by atoms with Gasteiger partial charge in [-0.3, -0.25) is 9.89 Å². The number of guanidine groups is 1. The SMILES string of the molecule is CN=C(NCCCN1CC(C)OC(C)C1)NCCc1cc(C)ccc1OC. The molecular formula is C21H36N4O2. The number of morpholine rings is 1. The second-order valence-electron chi connectivity index (χ2n) is 7.36. The van der Waals surface area contributed by atoms with Crippen molar-refractivity contribution in [3.63, 3.8) is 0 Å². The highest BCUT2D eigenvalue weighted by molar-refractivity contribution is 5.79. The third kappa shape index (κ3) is 7.39. The Morgan fingerprint density at radius 2 is 1.93 bits per heavy atom. The van der Waals surface area contributed by atoms with E-state index in [2.05, 4.69) is 53.4 Å². The van der Waals surface area contributed by atoms with Crippen LogP contribution in [0.1, 0.15) is 31.4 Å². The predicted molar refractivity (Wildman–Crippen MR) is 112 cm³/mol. The Balaban J connectivity index is 1.67. The van der Waals surface area contributed by atoms with E-state index < -0.39 is 0 Å². The minimum Gasteiger partial charge on any atom is -0.496 e. The first-order valence-electron chi connectivity index (χ1n) is 9.97. The number of methoxy groups -OCH3 is 1. The van der Waals surface area contributed by atoms with E-state index in [1.807, 2.05) is 13.1 Å². The number of aliphatic imine (C=N–C) groups is 1. The van der Waals surface area contributed by atoms with Crippen molar-refractivity contribution in [2.45, 2.75) is 45.8 Å². The fourth-order valence-corrected chi connectivity index (χ4v) is 3.62. The number of benzene rings is 1. The molecule has 1 fully saturated rings. The molecule has 0 aromatic heterocycles. The van der Waals surface area contributed by atoms with Crippen molar-refractivity contribution >= 4 is 5.96 Å². The molecule has 1 aromatic rings. The van der Waals surface area contributed by atoms with Crippen LogP contribution in [0, 0.1) is 6.92 Å². The topological polar surface area (TPSA) is 58.1 Å². The monoisotopic (exact) mass is 376 g/mol. The average Bonchev–Trinajstić information content (AvgIpc) is 2.63. The molecule has 2 N–H and O–H groups in total. The summed E-state index contributed by atoms with van der Waals surface area (Å²) >= 11 is 0. The minimum atomic E-state index is 0.328. The predicted octanol–water partition coefficient (Wildman–Crippen LogP) is 2.21. The molecule has 6 nitrogen and oxygen atoms in total. The van der Waals surface area contributed by atoms with Crippen molar-refractivity contribution in [3.8, 4) is 5.75 Å². The van der Waals surface area contributed by atoms with Crippen LogP contribution >= 0.6 is 0 Å². The van der Waals surface area contributed by atoms with Gasteiger partial charge < -0.3 is 20.1 Å². The Morgan fingerprint density at radius 1 is 1.22 bits per heavy atom. The largest absolute Gasteiger partial charge is 0.496 e. The standard InChI is InChI=1S/C21H36N4O2/c1-16-7-8-20(26-5)19(13-16)9-11-24-21(22-4)23-10-6-12-25-14-17(2)27-18(3)15-25/h7-8,13,17-18H,6,9-12,14-15H2,1-5H3,(H2,22,23,24). The second-order valence-corrected chi connectivity index (χ2v) is 7.36. The van der Waals surface area contributed by atoms with Gasteiger partial charge in [-0.15, -0.1) is 0 Å². The first kappa shape index (κ1) is 21.5. The number of hydrogen-bond donors (Lipinski definition) is 2. The molecule has 0 bridgehead atoms. The maximum Gasteiger partial charge on any atom is 0.190 e.